The highest BCUT2D eigenvalue weighted by atomic mass is 16.1. The summed E-state index contributed by atoms with van der Waals surface area (Å²) in [5.41, 5.74) is 8.82. The third-order valence-electron chi connectivity index (χ3n) is 8.76. The van der Waals surface area contributed by atoms with Gasteiger partial charge in [-0.25, -0.2) is 0 Å². The van der Waals surface area contributed by atoms with E-state index in [0.717, 1.165) is 43.6 Å². The molecule has 0 N–H and O–H groups in total. The molecule has 2 aliphatic rings. The Morgan fingerprint density at radius 3 is 2.46 bits per heavy atom. The Hall–Kier alpha value is -2.22. The van der Waals surface area contributed by atoms with E-state index in [1.165, 1.54) is 78.6 Å². The number of Topliss-reactive ketones (excluding diaryl/α,β-unsaturated/α-hetero) is 1. The summed E-state index contributed by atoms with van der Waals surface area (Å²) < 4.78 is 0. The van der Waals surface area contributed by atoms with Crippen LogP contribution >= 0.6 is 0 Å². The first kappa shape index (κ1) is 29.3. The van der Waals surface area contributed by atoms with Gasteiger partial charge in [-0.05, 0) is 86.6 Å². The SMILES string of the molecule is C=C1CCC(C2CCCC2)c2nc(CCc3ccc(C(=O)CCCCCC)cc3C)ccc2C1C.CC. The number of carbonyl (C=O) groups is 1. The zero-order valence-corrected chi connectivity index (χ0v) is 24.4. The van der Waals surface area contributed by atoms with Crippen molar-refractivity contribution in [1.29, 1.82) is 0 Å². The summed E-state index contributed by atoms with van der Waals surface area (Å²) in [5, 5.41) is 0. The Labute approximate surface area is 227 Å². The molecule has 1 aromatic heterocycles. The first-order valence-corrected chi connectivity index (χ1v) is 15.3. The molecule has 1 saturated carbocycles. The molecule has 2 atom stereocenters. The van der Waals surface area contributed by atoms with E-state index in [1.807, 2.05) is 19.9 Å². The number of rotatable bonds is 10. The lowest BCUT2D eigenvalue weighted by atomic mass is 9.83. The number of hydrogen-bond donors (Lipinski definition) is 0. The van der Waals surface area contributed by atoms with E-state index in [4.69, 9.17) is 4.98 Å². The summed E-state index contributed by atoms with van der Waals surface area (Å²) in [7, 11) is 0. The van der Waals surface area contributed by atoms with E-state index < -0.39 is 0 Å². The van der Waals surface area contributed by atoms with E-state index in [1.54, 1.807) is 0 Å². The Morgan fingerprint density at radius 1 is 1.00 bits per heavy atom. The van der Waals surface area contributed by atoms with Crippen molar-refractivity contribution in [2.45, 2.75) is 130 Å². The number of aromatic nitrogens is 1. The van der Waals surface area contributed by atoms with Crippen molar-refractivity contribution in [2.24, 2.45) is 5.92 Å². The van der Waals surface area contributed by atoms with Crippen LogP contribution in [0.25, 0.3) is 0 Å². The fourth-order valence-electron chi connectivity index (χ4n) is 6.33. The van der Waals surface area contributed by atoms with Crippen LogP contribution in [0.4, 0.5) is 0 Å². The molecular weight excluding hydrogens is 450 g/mol. The summed E-state index contributed by atoms with van der Waals surface area (Å²) in [6.45, 7) is 15.1. The van der Waals surface area contributed by atoms with Gasteiger partial charge in [0.05, 0.1) is 0 Å². The van der Waals surface area contributed by atoms with E-state index >= 15 is 0 Å². The monoisotopic (exact) mass is 501 g/mol. The number of unbranched alkanes of at least 4 members (excludes halogenated alkanes) is 3. The van der Waals surface area contributed by atoms with Gasteiger partial charge in [-0.2, -0.15) is 0 Å². The number of aryl methyl sites for hydroxylation is 3. The first-order chi connectivity index (χ1) is 18.0. The average molecular weight is 502 g/mol. The van der Waals surface area contributed by atoms with Gasteiger partial charge in [0.15, 0.2) is 5.78 Å². The molecule has 1 aromatic carbocycles. The first-order valence-electron chi connectivity index (χ1n) is 15.3. The molecule has 2 heteroatoms. The minimum atomic E-state index is 0.289. The lowest BCUT2D eigenvalue weighted by Crippen LogP contribution is -2.14. The number of fused-ring (bicyclic) bond motifs is 1. The highest BCUT2D eigenvalue weighted by Gasteiger charge is 2.33. The van der Waals surface area contributed by atoms with Crippen molar-refractivity contribution >= 4 is 5.78 Å². The Balaban J connectivity index is 0.00000186. The highest BCUT2D eigenvalue weighted by Crippen LogP contribution is 2.46. The standard InChI is InChI=1S/C33H45NO.C2H6/c1-5-6-7-8-13-32(35)28-16-15-26(24(3)22-28)17-18-29-19-21-30-25(4)23(2)14-20-31(33(30)34-29)27-11-9-10-12-27;1-2/h15-16,19,21-22,25,27,31H,2,5-14,17-18,20H2,1,3-4H3;1-2H3. The zero-order chi connectivity index (χ0) is 26.8. The van der Waals surface area contributed by atoms with Crippen molar-refractivity contribution in [1.82, 2.24) is 4.98 Å². The molecule has 1 heterocycles. The van der Waals surface area contributed by atoms with Gasteiger partial charge in [0, 0.05) is 35.2 Å². The van der Waals surface area contributed by atoms with E-state index in [2.05, 4.69) is 51.6 Å². The van der Waals surface area contributed by atoms with Crippen LogP contribution in [-0.2, 0) is 12.8 Å². The van der Waals surface area contributed by atoms with E-state index in [0.29, 0.717) is 18.3 Å². The van der Waals surface area contributed by atoms with Crippen molar-refractivity contribution in [2.75, 3.05) is 0 Å². The number of benzene rings is 1. The molecule has 2 nitrogen and oxygen atoms in total. The molecule has 202 valence electrons. The fraction of sp³-hybridized carbons (Fsp3) is 0.600. The molecule has 0 amide bonds. The zero-order valence-electron chi connectivity index (χ0n) is 24.4. The van der Waals surface area contributed by atoms with Crippen LogP contribution in [0.3, 0.4) is 0 Å². The van der Waals surface area contributed by atoms with Gasteiger partial charge in [0.1, 0.15) is 0 Å². The van der Waals surface area contributed by atoms with Gasteiger partial charge in [0.2, 0.25) is 0 Å². The van der Waals surface area contributed by atoms with Gasteiger partial charge in [-0.3, -0.25) is 9.78 Å². The average Bonchev–Trinajstić information content (AvgIpc) is 3.42. The largest absolute Gasteiger partial charge is 0.294 e. The minimum absolute atomic E-state index is 0.289. The molecule has 2 aliphatic carbocycles. The summed E-state index contributed by atoms with van der Waals surface area (Å²) in [5.74, 6) is 2.09. The topological polar surface area (TPSA) is 30.0 Å². The Morgan fingerprint density at radius 2 is 1.76 bits per heavy atom. The molecule has 2 aromatic rings. The predicted molar refractivity (Wildman–Crippen MR) is 159 cm³/mol. The molecule has 1 fully saturated rings. The highest BCUT2D eigenvalue weighted by molar-refractivity contribution is 5.96. The van der Waals surface area contributed by atoms with Crippen molar-refractivity contribution < 1.29 is 4.79 Å². The minimum Gasteiger partial charge on any atom is -0.294 e. The van der Waals surface area contributed by atoms with E-state index in [-0.39, 0.29) is 5.78 Å². The van der Waals surface area contributed by atoms with Gasteiger partial charge in [-0.1, -0.05) is 90.2 Å². The quantitative estimate of drug-likeness (QED) is 0.140. The maximum absolute atomic E-state index is 12.6. The summed E-state index contributed by atoms with van der Waals surface area (Å²) in [6.07, 6.45) is 15.0. The van der Waals surface area contributed by atoms with Crippen molar-refractivity contribution in [3.05, 3.63) is 76.1 Å². The van der Waals surface area contributed by atoms with Gasteiger partial charge in [0.25, 0.3) is 0 Å². The number of pyridine rings is 1. The Kier molecular flexibility index (Phi) is 11.6. The summed E-state index contributed by atoms with van der Waals surface area (Å²) in [6, 6.07) is 10.9. The lowest BCUT2D eigenvalue weighted by Gasteiger charge is -2.24. The third kappa shape index (κ3) is 7.65. The van der Waals surface area contributed by atoms with Crippen molar-refractivity contribution in [3.8, 4) is 0 Å². The molecule has 0 aliphatic heterocycles. The predicted octanol–water partition coefficient (Wildman–Crippen LogP) is 10.1. The number of allylic oxidation sites excluding steroid dienone is 1. The molecular formula is C35H51NO. The second-order valence-electron chi connectivity index (χ2n) is 11.2. The Bertz CT molecular complexity index is 1030. The molecule has 0 radical (unpaired) electrons. The van der Waals surface area contributed by atoms with Crippen LogP contribution < -0.4 is 0 Å². The van der Waals surface area contributed by atoms with Crippen LogP contribution in [0.15, 0.2) is 42.5 Å². The third-order valence-corrected chi connectivity index (χ3v) is 8.76. The number of carbonyl (C=O) groups excluding carboxylic acids is 1. The number of hydrogen-bond acceptors (Lipinski definition) is 2. The second kappa shape index (κ2) is 14.6. The molecule has 2 unspecified atom stereocenters. The van der Waals surface area contributed by atoms with Crippen LogP contribution in [0.1, 0.15) is 149 Å². The van der Waals surface area contributed by atoms with Crippen molar-refractivity contribution in [3.63, 3.8) is 0 Å². The van der Waals surface area contributed by atoms with Crippen LogP contribution in [0, 0.1) is 12.8 Å². The summed E-state index contributed by atoms with van der Waals surface area (Å²) >= 11 is 0. The molecule has 4 rings (SSSR count). The smallest absolute Gasteiger partial charge is 0.162 e. The maximum atomic E-state index is 12.6. The number of ketones is 1. The van der Waals surface area contributed by atoms with Gasteiger partial charge >= 0.3 is 0 Å². The lowest BCUT2D eigenvalue weighted by molar-refractivity contribution is 0.0979. The number of nitrogens with zero attached hydrogens (tertiary/aromatic N) is 1. The maximum Gasteiger partial charge on any atom is 0.162 e. The normalized spacial score (nSPS) is 19.6. The van der Waals surface area contributed by atoms with Crippen LogP contribution in [0.2, 0.25) is 0 Å². The fourth-order valence-corrected chi connectivity index (χ4v) is 6.33. The molecule has 0 bridgehead atoms. The summed E-state index contributed by atoms with van der Waals surface area (Å²) in [4.78, 5) is 17.9. The van der Waals surface area contributed by atoms with Gasteiger partial charge < -0.3 is 0 Å². The van der Waals surface area contributed by atoms with Gasteiger partial charge in [-0.15, -0.1) is 0 Å². The van der Waals surface area contributed by atoms with Crippen LogP contribution in [0.5, 0.6) is 0 Å². The van der Waals surface area contributed by atoms with Crippen LogP contribution in [-0.4, -0.2) is 10.8 Å². The second-order valence-corrected chi connectivity index (χ2v) is 11.2. The molecule has 0 saturated heterocycles. The molecule has 37 heavy (non-hydrogen) atoms. The van der Waals surface area contributed by atoms with E-state index in [9.17, 15) is 4.79 Å². The molecule has 0 spiro atoms.